The minimum Gasteiger partial charge on any atom is -0.355 e. The first-order valence-electron chi connectivity index (χ1n) is 7.04. The minimum atomic E-state index is 0. The maximum absolute atomic E-state index is 11.7. The Hall–Kier alpha value is -1.06. The van der Waals surface area contributed by atoms with Crippen LogP contribution < -0.4 is 10.6 Å². The van der Waals surface area contributed by atoms with Crippen molar-refractivity contribution in [2.24, 2.45) is 5.92 Å². The Morgan fingerprint density at radius 1 is 1.25 bits per heavy atom. The van der Waals surface area contributed by atoms with Gasteiger partial charge in [0.05, 0.1) is 5.92 Å². The molecule has 2 N–H and O–H groups in total. The van der Waals surface area contributed by atoms with Gasteiger partial charge in [-0.25, -0.2) is 0 Å². The molecule has 1 aliphatic heterocycles. The molecule has 3 nitrogen and oxygen atoms in total. The number of rotatable bonds is 4. The predicted octanol–water partition coefficient (Wildman–Crippen LogP) is 2.28. The summed E-state index contributed by atoms with van der Waals surface area (Å²) in [6, 6.07) is 8.70. The zero-order valence-electron chi connectivity index (χ0n) is 12.5. The molecule has 0 saturated carbocycles. The van der Waals surface area contributed by atoms with Crippen molar-refractivity contribution >= 4 is 18.3 Å². The van der Waals surface area contributed by atoms with Crippen molar-refractivity contribution in [2.45, 2.75) is 32.6 Å². The smallest absolute Gasteiger partial charge is 0.225 e. The van der Waals surface area contributed by atoms with Crippen molar-refractivity contribution in [2.75, 3.05) is 19.6 Å². The van der Waals surface area contributed by atoms with Gasteiger partial charge in [-0.05, 0) is 23.0 Å². The summed E-state index contributed by atoms with van der Waals surface area (Å²) in [7, 11) is 0. The third kappa shape index (κ3) is 4.50. The highest BCUT2D eigenvalue weighted by molar-refractivity contribution is 5.85. The molecule has 0 aromatic heterocycles. The Balaban J connectivity index is 0.00000200. The van der Waals surface area contributed by atoms with Gasteiger partial charge >= 0.3 is 0 Å². The lowest BCUT2D eigenvalue weighted by Gasteiger charge is -2.25. The van der Waals surface area contributed by atoms with Crippen molar-refractivity contribution < 1.29 is 4.79 Å². The number of benzene rings is 1. The molecule has 1 saturated heterocycles. The van der Waals surface area contributed by atoms with E-state index in [9.17, 15) is 4.79 Å². The minimum absolute atomic E-state index is 0. The van der Waals surface area contributed by atoms with E-state index in [1.165, 1.54) is 11.1 Å². The molecule has 1 aliphatic rings. The summed E-state index contributed by atoms with van der Waals surface area (Å²) in [4.78, 5) is 11.7. The number of halogens is 1. The zero-order valence-corrected chi connectivity index (χ0v) is 13.3. The molecule has 0 radical (unpaired) electrons. The van der Waals surface area contributed by atoms with Crippen LogP contribution in [0.2, 0.25) is 0 Å². The maximum Gasteiger partial charge on any atom is 0.225 e. The second-order valence-electron chi connectivity index (χ2n) is 6.34. The molecule has 0 spiro atoms. The molecule has 1 heterocycles. The van der Waals surface area contributed by atoms with Crippen LogP contribution in [0.3, 0.4) is 0 Å². The molecule has 1 aromatic rings. The number of carbonyl (C=O) groups excluding carboxylic acids is 1. The molecule has 0 aliphatic carbocycles. The number of nitrogens with one attached hydrogen (secondary N) is 2. The van der Waals surface area contributed by atoms with Gasteiger partial charge in [-0.15, -0.1) is 12.4 Å². The highest BCUT2D eigenvalue weighted by Crippen LogP contribution is 2.22. The maximum atomic E-state index is 11.7. The van der Waals surface area contributed by atoms with E-state index in [1.54, 1.807) is 0 Å². The van der Waals surface area contributed by atoms with Gasteiger partial charge in [0, 0.05) is 19.6 Å². The van der Waals surface area contributed by atoms with E-state index in [-0.39, 0.29) is 29.6 Å². The molecule has 1 fully saturated rings. The van der Waals surface area contributed by atoms with Gasteiger partial charge in [-0.3, -0.25) is 4.79 Å². The van der Waals surface area contributed by atoms with Gasteiger partial charge < -0.3 is 10.6 Å². The van der Waals surface area contributed by atoms with Crippen LogP contribution in [0.5, 0.6) is 0 Å². The molecule has 20 heavy (non-hydrogen) atoms. The van der Waals surface area contributed by atoms with Gasteiger partial charge in [0.15, 0.2) is 0 Å². The molecule has 112 valence electrons. The number of carbonyl (C=O) groups is 1. The highest BCUT2D eigenvalue weighted by Gasteiger charge is 2.24. The van der Waals surface area contributed by atoms with E-state index in [0.29, 0.717) is 0 Å². The van der Waals surface area contributed by atoms with Crippen molar-refractivity contribution in [3.63, 3.8) is 0 Å². The van der Waals surface area contributed by atoms with Crippen LogP contribution >= 0.6 is 12.4 Å². The average molecular weight is 297 g/mol. The first-order valence-corrected chi connectivity index (χ1v) is 7.04. The summed E-state index contributed by atoms with van der Waals surface area (Å²) in [5.74, 6) is 0.369. The van der Waals surface area contributed by atoms with Crippen LogP contribution in [0.25, 0.3) is 0 Å². The van der Waals surface area contributed by atoms with E-state index in [4.69, 9.17) is 0 Å². The zero-order chi connectivity index (χ0) is 13.9. The fourth-order valence-corrected chi connectivity index (χ4v) is 2.12. The summed E-state index contributed by atoms with van der Waals surface area (Å²) in [6.45, 7) is 9.03. The second-order valence-corrected chi connectivity index (χ2v) is 6.34. The van der Waals surface area contributed by atoms with Gasteiger partial charge in [0.1, 0.15) is 0 Å². The lowest BCUT2D eigenvalue weighted by Crippen LogP contribution is -2.51. The van der Waals surface area contributed by atoms with Crippen LogP contribution in [0, 0.1) is 5.92 Å². The summed E-state index contributed by atoms with van der Waals surface area (Å²) < 4.78 is 0. The molecule has 1 amide bonds. The number of hydrogen-bond donors (Lipinski definition) is 2. The van der Waals surface area contributed by atoms with Crippen LogP contribution in [0.4, 0.5) is 0 Å². The highest BCUT2D eigenvalue weighted by atomic mass is 35.5. The van der Waals surface area contributed by atoms with Gasteiger partial charge in [0.25, 0.3) is 0 Å². The average Bonchev–Trinajstić information content (AvgIpc) is 2.26. The predicted molar refractivity (Wildman–Crippen MR) is 85.5 cm³/mol. The van der Waals surface area contributed by atoms with Crippen molar-refractivity contribution in [3.8, 4) is 0 Å². The molecule has 0 atom stereocenters. The molecular weight excluding hydrogens is 272 g/mol. The van der Waals surface area contributed by atoms with Crippen molar-refractivity contribution in [1.29, 1.82) is 0 Å². The fraction of sp³-hybridized carbons (Fsp3) is 0.562. The molecule has 1 aromatic carbocycles. The lowest BCUT2D eigenvalue weighted by molar-refractivity contribution is -0.126. The summed E-state index contributed by atoms with van der Waals surface area (Å²) >= 11 is 0. The summed E-state index contributed by atoms with van der Waals surface area (Å²) in [6.07, 6.45) is 0.899. The Labute approximate surface area is 127 Å². The van der Waals surface area contributed by atoms with Gasteiger partial charge in [0.2, 0.25) is 5.91 Å². The van der Waals surface area contributed by atoms with E-state index >= 15 is 0 Å². The number of hydrogen-bond acceptors (Lipinski definition) is 2. The van der Waals surface area contributed by atoms with Crippen LogP contribution in [-0.4, -0.2) is 25.5 Å². The Kier molecular flexibility index (Phi) is 6.03. The topological polar surface area (TPSA) is 41.1 Å². The SMILES string of the molecule is CC(C)(C)c1ccc(CCNC(=O)C2CNC2)cc1.Cl. The quantitative estimate of drug-likeness (QED) is 0.895. The normalized spacial score (nSPS) is 15.2. The first-order chi connectivity index (χ1) is 8.97. The third-order valence-corrected chi connectivity index (χ3v) is 3.69. The third-order valence-electron chi connectivity index (χ3n) is 3.69. The van der Waals surface area contributed by atoms with Crippen LogP contribution in [0.1, 0.15) is 31.9 Å². The van der Waals surface area contributed by atoms with Crippen molar-refractivity contribution in [1.82, 2.24) is 10.6 Å². The molecular formula is C16H25ClN2O. The number of amides is 1. The fourth-order valence-electron chi connectivity index (χ4n) is 2.12. The van der Waals surface area contributed by atoms with Gasteiger partial charge in [-0.2, -0.15) is 0 Å². The van der Waals surface area contributed by atoms with E-state index in [0.717, 1.165) is 26.1 Å². The second kappa shape index (κ2) is 7.09. The Bertz CT molecular complexity index is 433. The largest absolute Gasteiger partial charge is 0.355 e. The molecule has 0 bridgehead atoms. The Morgan fingerprint density at radius 3 is 2.30 bits per heavy atom. The van der Waals surface area contributed by atoms with E-state index in [1.807, 2.05) is 0 Å². The molecule has 4 heteroatoms. The summed E-state index contributed by atoms with van der Waals surface area (Å²) in [5, 5.41) is 6.11. The standard InChI is InChI=1S/C16H24N2O.ClH/c1-16(2,3)14-6-4-12(5-7-14)8-9-18-15(19)13-10-17-11-13;/h4-7,13,17H,8-11H2,1-3H3,(H,18,19);1H. The Morgan fingerprint density at radius 2 is 1.85 bits per heavy atom. The molecule has 2 rings (SSSR count). The lowest BCUT2D eigenvalue weighted by atomic mass is 9.86. The van der Waals surface area contributed by atoms with Crippen LogP contribution in [0.15, 0.2) is 24.3 Å². The van der Waals surface area contributed by atoms with Crippen LogP contribution in [-0.2, 0) is 16.6 Å². The van der Waals surface area contributed by atoms with Gasteiger partial charge in [-0.1, -0.05) is 45.0 Å². The van der Waals surface area contributed by atoms with E-state index in [2.05, 4.69) is 55.7 Å². The summed E-state index contributed by atoms with van der Waals surface area (Å²) in [5.41, 5.74) is 2.82. The first kappa shape index (κ1) is 17.0. The van der Waals surface area contributed by atoms with E-state index < -0.39 is 0 Å². The van der Waals surface area contributed by atoms with Crippen molar-refractivity contribution in [3.05, 3.63) is 35.4 Å². The monoisotopic (exact) mass is 296 g/mol. The molecule has 0 unspecified atom stereocenters.